The van der Waals surface area contributed by atoms with Crippen molar-refractivity contribution < 1.29 is 10.0 Å². The highest BCUT2D eigenvalue weighted by molar-refractivity contribution is 5.81. The van der Waals surface area contributed by atoms with Gasteiger partial charge in [0.15, 0.2) is 0 Å². The molecule has 5 heteroatoms. The summed E-state index contributed by atoms with van der Waals surface area (Å²) in [6, 6.07) is 0.415. The van der Waals surface area contributed by atoms with E-state index in [1.165, 1.54) is 12.8 Å². The number of oxime groups is 1. The lowest BCUT2D eigenvalue weighted by Crippen LogP contribution is -2.36. The van der Waals surface area contributed by atoms with E-state index in [4.69, 9.17) is 10.9 Å². The summed E-state index contributed by atoms with van der Waals surface area (Å²) in [5.74, 6) is 1.07. The number of amidine groups is 1. The molecule has 90 valence electrons. The fraction of sp³-hybridized carbons (Fsp3) is 0.818. The van der Waals surface area contributed by atoms with E-state index in [9.17, 15) is 4.79 Å². The number of carbonyl (C=O) groups excluding carboxylic acids is 1. The van der Waals surface area contributed by atoms with E-state index in [-0.39, 0.29) is 11.7 Å². The van der Waals surface area contributed by atoms with Crippen LogP contribution in [0.25, 0.3) is 0 Å². The second kappa shape index (κ2) is 4.72. The Labute approximate surface area is 95.3 Å². The van der Waals surface area contributed by atoms with E-state index in [0.717, 1.165) is 12.8 Å². The Balaban J connectivity index is 1.81. The summed E-state index contributed by atoms with van der Waals surface area (Å²) in [6.07, 6.45) is 5.75. The quantitative estimate of drug-likeness (QED) is 0.305. The molecule has 0 aromatic rings. The number of nitrogens with two attached hydrogens (primary N) is 1. The predicted octanol–water partition coefficient (Wildman–Crippen LogP) is 0.914. The fourth-order valence-electron chi connectivity index (χ4n) is 1.87. The summed E-state index contributed by atoms with van der Waals surface area (Å²) in [5.41, 5.74) is 5.42. The maximum Gasteiger partial charge on any atom is 0.223 e. The first-order valence-corrected chi connectivity index (χ1v) is 5.96. The molecule has 2 saturated carbocycles. The lowest BCUT2D eigenvalue weighted by molar-refractivity contribution is -0.132. The summed E-state index contributed by atoms with van der Waals surface area (Å²) >= 11 is 0. The summed E-state index contributed by atoms with van der Waals surface area (Å²) in [6.45, 7) is 0.589. The van der Waals surface area contributed by atoms with Crippen LogP contribution in [0.15, 0.2) is 5.16 Å². The van der Waals surface area contributed by atoms with Gasteiger partial charge < -0.3 is 15.8 Å². The van der Waals surface area contributed by atoms with E-state index in [1.54, 1.807) is 0 Å². The molecule has 1 amide bonds. The fourth-order valence-corrected chi connectivity index (χ4v) is 1.87. The van der Waals surface area contributed by atoms with E-state index in [2.05, 4.69) is 5.16 Å². The highest BCUT2D eigenvalue weighted by Crippen LogP contribution is 2.35. The Morgan fingerprint density at radius 2 is 2.06 bits per heavy atom. The topological polar surface area (TPSA) is 78.9 Å². The van der Waals surface area contributed by atoms with Crippen LogP contribution in [0.5, 0.6) is 0 Å². The van der Waals surface area contributed by atoms with E-state index in [0.29, 0.717) is 31.3 Å². The Kier molecular flexibility index (Phi) is 3.31. The highest BCUT2D eigenvalue weighted by Gasteiger charge is 2.34. The van der Waals surface area contributed by atoms with Crippen molar-refractivity contribution in [2.24, 2.45) is 16.8 Å². The summed E-state index contributed by atoms with van der Waals surface area (Å²) in [4.78, 5) is 13.9. The van der Waals surface area contributed by atoms with Gasteiger partial charge in [0.25, 0.3) is 0 Å². The van der Waals surface area contributed by atoms with Gasteiger partial charge in [0.2, 0.25) is 5.91 Å². The van der Waals surface area contributed by atoms with Crippen LogP contribution >= 0.6 is 0 Å². The Bertz CT molecular complexity index is 296. The van der Waals surface area contributed by atoms with Crippen LogP contribution in [0.1, 0.15) is 38.5 Å². The van der Waals surface area contributed by atoms with Gasteiger partial charge in [0, 0.05) is 25.4 Å². The molecule has 3 N–H and O–H groups in total. The van der Waals surface area contributed by atoms with Gasteiger partial charge in [-0.25, -0.2) is 0 Å². The zero-order valence-corrected chi connectivity index (χ0v) is 9.43. The third kappa shape index (κ3) is 3.12. The van der Waals surface area contributed by atoms with Gasteiger partial charge in [-0.3, -0.25) is 4.79 Å². The molecule has 2 fully saturated rings. The third-order valence-electron chi connectivity index (χ3n) is 3.21. The molecule has 0 saturated heterocycles. The average molecular weight is 225 g/mol. The van der Waals surface area contributed by atoms with Crippen LogP contribution < -0.4 is 5.73 Å². The van der Waals surface area contributed by atoms with Crippen LogP contribution in [0.3, 0.4) is 0 Å². The first kappa shape index (κ1) is 11.2. The molecular formula is C11H19N3O2. The van der Waals surface area contributed by atoms with Crippen LogP contribution in [0, 0.1) is 5.92 Å². The van der Waals surface area contributed by atoms with Crippen molar-refractivity contribution in [3.63, 3.8) is 0 Å². The average Bonchev–Trinajstić information content (AvgIpc) is 3.10. The molecule has 2 aliphatic carbocycles. The number of nitrogens with zero attached hydrogens (tertiary/aromatic N) is 2. The minimum atomic E-state index is 0.199. The molecule has 0 spiro atoms. The van der Waals surface area contributed by atoms with Gasteiger partial charge in [0.1, 0.15) is 5.84 Å². The van der Waals surface area contributed by atoms with Crippen molar-refractivity contribution in [2.75, 3.05) is 6.54 Å². The Morgan fingerprint density at radius 3 is 2.56 bits per heavy atom. The maximum atomic E-state index is 12.0. The van der Waals surface area contributed by atoms with Gasteiger partial charge in [-0.2, -0.15) is 0 Å². The highest BCUT2D eigenvalue weighted by atomic mass is 16.4. The summed E-state index contributed by atoms with van der Waals surface area (Å²) < 4.78 is 0. The normalized spacial score (nSPS) is 20.9. The van der Waals surface area contributed by atoms with Gasteiger partial charge in [-0.15, -0.1) is 0 Å². The van der Waals surface area contributed by atoms with Gasteiger partial charge in [-0.05, 0) is 31.6 Å². The smallest absolute Gasteiger partial charge is 0.223 e. The zero-order chi connectivity index (χ0) is 11.5. The first-order valence-electron chi connectivity index (χ1n) is 5.96. The molecule has 0 atom stereocenters. The van der Waals surface area contributed by atoms with Crippen molar-refractivity contribution >= 4 is 11.7 Å². The molecule has 2 aliphatic rings. The van der Waals surface area contributed by atoms with Crippen molar-refractivity contribution in [3.8, 4) is 0 Å². The van der Waals surface area contributed by atoms with E-state index >= 15 is 0 Å². The van der Waals surface area contributed by atoms with Gasteiger partial charge in [-0.1, -0.05) is 5.16 Å². The van der Waals surface area contributed by atoms with Crippen molar-refractivity contribution in [1.82, 2.24) is 4.90 Å². The molecule has 0 aliphatic heterocycles. The molecule has 16 heavy (non-hydrogen) atoms. The van der Waals surface area contributed by atoms with Crippen LogP contribution in [0.2, 0.25) is 0 Å². The third-order valence-corrected chi connectivity index (χ3v) is 3.21. The molecule has 0 unspecified atom stereocenters. The van der Waals surface area contributed by atoms with Crippen molar-refractivity contribution in [3.05, 3.63) is 0 Å². The molecule has 0 aromatic carbocycles. The van der Waals surface area contributed by atoms with E-state index in [1.807, 2.05) is 4.90 Å². The second-order valence-electron chi connectivity index (χ2n) is 4.81. The molecule has 2 rings (SSSR count). The lowest BCUT2D eigenvalue weighted by atomic mass is 10.2. The van der Waals surface area contributed by atoms with Crippen molar-refractivity contribution in [1.29, 1.82) is 0 Å². The Hall–Kier alpha value is -1.26. The zero-order valence-electron chi connectivity index (χ0n) is 9.43. The van der Waals surface area contributed by atoms with E-state index < -0.39 is 0 Å². The molecule has 0 radical (unpaired) electrons. The van der Waals surface area contributed by atoms with Gasteiger partial charge >= 0.3 is 0 Å². The largest absolute Gasteiger partial charge is 0.409 e. The molecular weight excluding hydrogens is 206 g/mol. The predicted molar refractivity (Wildman–Crippen MR) is 60.1 cm³/mol. The number of hydrogen-bond donors (Lipinski definition) is 2. The minimum Gasteiger partial charge on any atom is -0.409 e. The minimum absolute atomic E-state index is 0.199. The molecule has 5 nitrogen and oxygen atoms in total. The monoisotopic (exact) mass is 225 g/mol. The molecule has 0 heterocycles. The van der Waals surface area contributed by atoms with Crippen LogP contribution in [-0.4, -0.2) is 34.4 Å². The number of carbonyl (C=O) groups is 1. The molecule has 0 bridgehead atoms. The number of hydrogen-bond acceptors (Lipinski definition) is 3. The van der Waals surface area contributed by atoms with Crippen LogP contribution in [-0.2, 0) is 4.79 Å². The SMILES string of the molecule is NC(CCN(C(=O)CC1CC1)C1CC1)=NO. The maximum absolute atomic E-state index is 12.0. The summed E-state index contributed by atoms with van der Waals surface area (Å²) in [5, 5.41) is 11.4. The second-order valence-corrected chi connectivity index (χ2v) is 4.81. The Morgan fingerprint density at radius 1 is 1.38 bits per heavy atom. The molecule has 0 aromatic heterocycles. The summed E-state index contributed by atoms with van der Waals surface area (Å²) in [7, 11) is 0. The lowest BCUT2D eigenvalue weighted by Gasteiger charge is -2.22. The standard InChI is InChI=1S/C11H19N3O2/c12-10(13-16)5-6-14(9-3-4-9)11(15)7-8-1-2-8/h8-9,16H,1-7H2,(H2,12,13). The number of amides is 1. The van der Waals surface area contributed by atoms with Crippen molar-refractivity contribution in [2.45, 2.75) is 44.6 Å². The van der Waals surface area contributed by atoms with Crippen LogP contribution in [0.4, 0.5) is 0 Å². The number of rotatable bonds is 6. The first-order chi connectivity index (χ1) is 7.70. The van der Waals surface area contributed by atoms with Gasteiger partial charge in [0.05, 0.1) is 0 Å².